The van der Waals surface area contributed by atoms with Gasteiger partial charge in [0.15, 0.2) is 0 Å². The summed E-state index contributed by atoms with van der Waals surface area (Å²) in [6.45, 7) is 5.86. The van der Waals surface area contributed by atoms with Gasteiger partial charge in [-0.3, -0.25) is 0 Å². The van der Waals surface area contributed by atoms with E-state index < -0.39 is 0 Å². The topological polar surface area (TPSA) is 25.8 Å². The zero-order chi connectivity index (χ0) is 14.1. The summed E-state index contributed by atoms with van der Waals surface area (Å²) >= 11 is 6.39. The molecule has 0 amide bonds. The predicted molar refractivity (Wildman–Crippen MR) is 83.6 cm³/mol. The Morgan fingerprint density at radius 2 is 2.10 bits per heavy atom. The van der Waals surface area contributed by atoms with Crippen molar-refractivity contribution in [3.63, 3.8) is 0 Å². The number of hydrogen-bond acceptors (Lipinski definition) is 2. The molecule has 2 nitrogen and oxygen atoms in total. The lowest BCUT2D eigenvalue weighted by atomic mass is 10.0. The second kappa shape index (κ2) is 5.37. The van der Waals surface area contributed by atoms with Crippen molar-refractivity contribution < 1.29 is 0 Å². The summed E-state index contributed by atoms with van der Waals surface area (Å²) in [5.41, 5.74) is 4.96. The molecule has 0 saturated heterocycles. The molecule has 1 fully saturated rings. The van der Waals surface area contributed by atoms with Crippen molar-refractivity contribution in [1.29, 1.82) is 0 Å². The standard InChI is InChI=1S/C17H17ClN2/c1-11(2)16-9-17(20-10-19-16)14-6-5-13(15(18)8-14)7-12-3-4-12/h5-6,8-10,12H,1,3-4,7H2,2H3. The first-order valence-electron chi connectivity index (χ1n) is 6.90. The van der Waals surface area contributed by atoms with E-state index in [1.54, 1.807) is 6.33 Å². The average molecular weight is 285 g/mol. The first-order chi connectivity index (χ1) is 9.63. The highest BCUT2D eigenvalue weighted by molar-refractivity contribution is 6.31. The molecule has 1 aliphatic carbocycles. The maximum absolute atomic E-state index is 6.39. The number of aromatic nitrogens is 2. The van der Waals surface area contributed by atoms with Gasteiger partial charge in [0.1, 0.15) is 6.33 Å². The molecule has 2 aromatic rings. The summed E-state index contributed by atoms with van der Waals surface area (Å²) in [5, 5.41) is 0.838. The van der Waals surface area contributed by atoms with E-state index in [2.05, 4.69) is 28.7 Å². The molecule has 3 rings (SSSR count). The van der Waals surface area contributed by atoms with E-state index in [1.807, 2.05) is 19.1 Å². The summed E-state index contributed by atoms with van der Waals surface area (Å²) in [5.74, 6) is 0.840. The van der Waals surface area contributed by atoms with E-state index in [0.29, 0.717) is 0 Å². The molecule has 0 atom stereocenters. The lowest BCUT2D eigenvalue weighted by Gasteiger charge is -2.07. The van der Waals surface area contributed by atoms with Crippen LogP contribution in [0, 0.1) is 5.92 Å². The summed E-state index contributed by atoms with van der Waals surface area (Å²) in [7, 11) is 0. The summed E-state index contributed by atoms with van der Waals surface area (Å²) < 4.78 is 0. The Balaban J connectivity index is 1.91. The van der Waals surface area contributed by atoms with Crippen LogP contribution in [0.3, 0.4) is 0 Å². The first-order valence-corrected chi connectivity index (χ1v) is 7.28. The van der Waals surface area contributed by atoms with Gasteiger partial charge in [0.25, 0.3) is 0 Å². The first kappa shape index (κ1) is 13.3. The van der Waals surface area contributed by atoms with Crippen LogP contribution in [0.5, 0.6) is 0 Å². The van der Waals surface area contributed by atoms with Crippen LogP contribution in [0.1, 0.15) is 31.0 Å². The van der Waals surface area contributed by atoms with Crippen LogP contribution in [-0.2, 0) is 6.42 Å². The van der Waals surface area contributed by atoms with Crippen LogP contribution in [0.2, 0.25) is 5.02 Å². The molecule has 0 spiro atoms. The number of nitrogens with zero attached hydrogens (tertiary/aromatic N) is 2. The van der Waals surface area contributed by atoms with Crippen LogP contribution in [-0.4, -0.2) is 9.97 Å². The van der Waals surface area contributed by atoms with Crippen LogP contribution < -0.4 is 0 Å². The molecule has 0 aliphatic heterocycles. The molecule has 0 unspecified atom stereocenters. The SMILES string of the molecule is C=C(C)c1cc(-c2ccc(CC3CC3)c(Cl)c2)ncn1. The van der Waals surface area contributed by atoms with Gasteiger partial charge < -0.3 is 0 Å². The van der Waals surface area contributed by atoms with E-state index in [4.69, 9.17) is 11.6 Å². The molecule has 0 N–H and O–H groups in total. The third-order valence-corrected chi connectivity index (χ3v) is 4.01. The van der Waals surface area contributed by atoms with Gasteiger partial charge in [0, 0.05) is 10.6 Å². The van der Waals surface area contributed by atoms with Gasteiger partial charge >= 0.3 is 0 Å². The number of hydrogen-bond donors (Lipinski definition) is 0. The van der Waals surface area contributed by atoms with Crippen LogP contribution in [0.4, 0.5) is 0 Å². The molecular formula is C17H17ClN2. The van der Waals surface area contributed by atoms with Crippen LogP contribution in [0.25, 0.3) is 16.8 Å². The molecule has 102 valence electrons. The van der Waals surface area contributed by atoms with Gasteiger partial charge in [-0.05, 0) is 55.4 Å². The Bertz CT molecular complexity index is 660. The summed E-state index contributed by atoms with van der Waals surface area (Å²) in [6, 6.07) is 8.17. The lowest BCUT2D eigenvalue weighted by Crippen LogP contribution is -1.93. The van der Waals surface area contributed by atoms with Crippen molar-refractivity contribution in [2.45, 2.75) is 26.2 Å². The number of halogens is 1. The molecule has 1 aromatic heterocycles. The zero-order valence-corrected chi connectivity index (χ0v) is 12.3. The van der Waals surface area contributed by atoms with Crippen molar-refractivity contribution in [3.8, 4) is 11.3 Å². The van der Waals surface area contributed by atoms with E-state index >= 15 is 0 Å². The monoisotopic (exact) mass is 284 g/mol. The van der Waals surface area contributed by atoms with E-state index in [9.17, 15) is 0 Å². The van der Waals surface area contributed by atoms with Crippen molar-refractivity contribution in [3.05, 3.63) is 53.5 Å². The highest BCUT2D eigenvalue weighted by Crippen LogP contribution is 2.35. The fourth-order valence-corrected chi connectivity index (χ4v) is 2.51. The summed E-state index contributed by atoms with van der Waals surface area (Å²) in [4.78, 5) is 8.53. The molecule has 20 heavy (non-hydrogen) atoms. The second-order valence-electron chi connectivity index (χ2n) is 5.52. The van der Waals surface area contributed by atoms with Gasteiger partial charge in [-0.25, -0.2) is 9.97 Å². The minimum absolute atomic E-state index is 0.838. The third kappa shape index (κ3) is 2.91. The summed E-state index contributed by atoms with van der Waals surface area (Å²) in [6.07, 6.45) is 5.35. The molecule has 3 heteroatoms. The number of rotatable bonds is 4. The predicted octanol–water partition coefficient (Wildman–Crippen LogP) is 4.78. The molecule has 0 bridgehead atoms. The Morgan fingerprint density at radius 3 is 2.75 bits per heavy atom. The maximum atomic E-state index is 6.39. The van der Waals surface area contributed by atoms with Gasteiger partial charge in [-0.15, -0.1) is 0 Å². The van der Waals surface area contributed by atoms with Crippen LogP contribution in [0.15, 0.2) is 37.2 Å². The molecule has 0 radical (unpaired) electrons. The largest absolute Gasteiger partial charge is 0.237 e. The molecule has 1 aliphatic rings. The highest BCUT2D eigenvalue weighted by atomic mass is 35.5. The minimum Gasteiger partial charge on any atom is -0.237 e. The molecule has 1 aromatic carbocycles. The Morgan fingerprint density at radius 1 is 1.30 bits per heavy atom. The van der Waals surface area contributed by atoms with E-state index in [0.717, 1.165) is 39.9 Å². The molecule has 1 heterocycles. The van der Waals surface area contributed by atoms with Gasteiger partial charge in [0.05, 0.1) is 11.4 Å². The van der Waals surface area contributed by atoms with Gasteiger partial charge in [0.2, 0.25) is 0 Å². The zero-order valence-electron chi connectivity index (χ0n) is 11.6. The number of benzene rings is 1. The maximum Gasteiger partial charge on any atom is 0.116 e. The fraction of sp³-hybridized carbons (Fsp3) is 0.294. The Hall–Kier alpha value is -1.67. The molecule has 1 saturated carbocycles. The fourth-order valence-electron chi connectivity index (χ4n) is 2.25. The average Bonchev–Trinajstić information content (AvgIpc) is 3.25. The van der Waals surface area contributed by atoms with Crippen LogP contribution >= 0.6 is 11.6 Å². The van der Waals surface area contributed by atoms with Crippen molar-refractivity contribution in [2.24, 2.45) is 5.92 Å². The lowest BCUT2D eigenvalue weighted by molar-refractivity contribution is 0.833. The van der Waals surface area contributed by atoms with Crippen molar-refractivity contribution in [2.75, 3.05) is 0 Å². The van der Waals surface area contributed by atoms with Gasteiger partial charge in [-0.1, -0.05) is 30.3 Å². The minimum atomic E-state index is 0.838. The molecular weight excluding hydrogens is 268 g/mol. The quantitative estimate of drug-likeness (QED) is 0.807. The van der Waals surface area contributed by atoms with Gasteiger partial charge in [-0.2, -0.15) is 0 Å². The Labute approximate surface area is 124 Å². The smallest absolute Gasteiger partial charge is 0.116 e. The third-order valence-electron chi connectivity index (χ3n) is 3.66. The van der Waals surface area contributed by atoms with Crippen molar-refractivity contribution >= 4 is 17.2 Å². The highest BCUT2D eigenvalue weighted by Gasteiger charge is 2.22. The van der Waals surface area contributed by atoms with Crippen molar-refractivity contribution in [1.82, 2.24) is 9.97 Å². The van der Waals surface area contributed by atoms with E-state index in [-0.39, 0.29) is 0 Å². The Kier molecular flexibility index (Phi) is 3.58. The number of allylic oxidation sites excluding steroid dienone is 1. The van der Waals surface area contributed by atoms with E-state index in [1.165, 1.54) is 18.4 Å². The second-order valence-corrected chi connectivity index (χ2v) is 5.93. The normalized spacial score (nSPS) is 14.3.